The molecule has 0 aliphatic carbocycles. The highest BCUT2D eigenvalue weighted by molar-refractivity contribution is 7.92. The number of hydrogen-bond acceptors (Lipinski definition) is 6. The maximum atomic E-state index is 12.9. The van der Waals surface area contributed by atoms with Crippen molar-refractivity contribution in [1.82, 2.24) is 15.2 Å². The molecule has 1 N–H and O–H groups in total. The first-order valence-corrected chi connectivity index (χ1v) is 9.06. The number of benzene rings is 2. The minimum absolute atomic E-state index is 0.321. The van der Waals surface area contributed by atoms with Crippen LogP contribution in [0.25, 0.3) is 11.0 Å². The molecule has 0 saturated carbocycles. The van der Waals surface area contributed by atoms with Gasteiger partial charge in [0.2, 0.25) is 0 Å². The molecule has 1 aliphatic rings. The summed E-state index contributed by atoms with van der Waals surface area (Å²) in [7, 11) is -1.69. The molecule has 4 rings (SSSR count). The van der Waals surface area contributed by atoms with Crippen molar-refractivity contribution >= 4 is 26.7 Å². The Morgan fingerprint density at radius 3 is 2.88 bits per heavy atom. The maximum Gasteiger partial charge on any atom is 0.262 e. The van der Waals surface area contributed by atoms with Crippen LogP contribution in [0.4, 0.5) is 5.69 Å². The summed E-state index contributed by atoms with van der Waals surface area (Å²) in [4.78, 5) is 2.50. The number of rotatable bonds is 3. The van der Waals surface area contributed by atoms with Crippen molar-refractivity contribution in [3.8, 4) is 0 Å². The number of sulfonamides is 1. The largest absolute Gasteiger partial charge is 0.302 e. The lowest BCUT2D eigenvalue weighted by Crippen LogP contribution is -2.28. The summed E-state index contributed by atoms with van der Waals surface area (Å²) in [5, 5.41) is 7.51. The van der Waals surface area contributed by atoms with E-state index in [9.17, 15) is 8.42 Å². The average Bonchev–Trinajstić information content (AvgIpc) is 3.03. The fourth-order valence-electron chi connectivity index (χ4n) is 3.06. The van der Waals surface area contributed by atoms with Crippen LogP contribution in [0.3, 0.4) is 0 Å². The van der Waals surface area contributed by atoms with Gasteiger partial charge in [0.25, 0.3) is 10.0 Å². The Labute approximate surface area is 139 Å². The van der Waals surface area contributed by atoms with Crippen molar-refractivity contribution in [1.29, 1.82) is 0 Å². The van der Waals surface area contributed by atoms with Crippen molar-refractivity contribution < 1.29 is 13.0 Å². The minimum atomic E-state index is -3.72. The zero-order valence-corrected chi connectivity index (χ0v) is 13.9. The fourth-order valence-corrected chi connectivity index (χ4v) is 4.43. The quantitative estimate of drug-likeness (QED) is 0.782. The number of fused-ring (bicyclic) bond motifs is 2. The number of hydrogen-bond donors (Lipinski definition) is 1. The highest BCUT2D eigenvalue weighted by atomic mass is 32.2. The van der Waals surface area contributed by atoms with Crippen LogP contribution in [0.1, 0.15) is 11.1 Å². The Bertz CT molecular complexity index is 1010. The van der Waals surface area contributed by atoms with E-state index in [-0.39, 0.29) is 0 Å². The van der Waals surface area contributed by atoms with E-state index in [0.717, 1.165) is 24.2 Å². The van der Waals surface area contributed by atoms with Gasteiger partial charge in [-0.05, 0) is 53.1 Å². The first-order valence-electron chi connectivity index (χ1n) is 7.58. The maximum absolute atomic E-state index is 12.9. The molecule has 0 spiro atoms. The zero-order chi connectivity index (χ0) is 16.7. The van der Waals surface area contributed by atoms with Crippen molar-refractivity contribution in [3.63, 3.8) is 0 Å². The molecule has 0 unspecified atom stereocenters. The van der Waals surface area contributed by atoms with E-state index in [1.807, 2.05) is 13.1 Å². The third-order valence-electron chi connectivity index (χ3n) is 4.23. The van der Waals surface area contributed by atoms with Gasteiger partial charge >= 0.3 is 0 Å². The summed E-state index contributed by atoms with van der Waals surface area (Å²) in [5.74, 6) is 0. The molecule has 8 heteroatoms. The fraction of sp³-hybridized carbons (Fsp3) is 0.250. The van der Waals surface area contributed by atoms with Crippen LogP contribution in [0.2, 0.25) is 0 Å². The van der Waals surface area contributed by atoms with Gasteiger partial charge in [-0.25, -0.2) is 13.0 Å². The molecule has 24 heavy (non-hydrogen) atoms. The number of nitrogens with one attached hydrogen (secondary N) is 1. The number of likely N-dealkylation sites (N-methyl/N-ethyl adjacent to an activating group) is 1. The van der Waals surface area contributed by atoms with Gasteiger partial charge in [0.05, 0.1) is 10.6 Å². The molecule has 0 saturated heterocycles. The van der Waals surface area contributed by atoms with Crippen LogP contribution in [-0.4, -0.2) is 37.2 Å². The Morgan fingerprint density at radius 1 is 1.17 bits per heavy atom. The lowest BCUT2D eigenvalue weighted by molar-refractivity contribution is 0.311. The molecule has 7 nitrogen and oxygen atoms in total. The number of aromatic nitrogens is 2. The minimum Gasteiger partial charge on any atom is -0.302 e. The Morgan fingerprint density at radius 2 is 2.00 bits per heavy atom. The molecule has 2 heterocycles. The molecule has 124 valence electrons. The predicted octanol–water partition coefficient (Wildman–Crippen LogP) is 2.01. The number of anilines is 1. The molecule has 2 aromatic carbocycles. The molecule has 0 fully saturated rings. The van der Waals surface area contributed by atoms with Gasteiger partial charge in [0.15, 0.2) is 5.52 Å². The van der Waals surface area contributed by atoms with Gasteiger partial charge in [0, 0.05) is 13.1 Å². The number of nitrogens with zero attached hydrogens (tertiary/aromatic N) is 3. The topological polar surface area (TPSA) is 88.3 Å². The summed E-state index contributed by atoms with van der Waals surface area (Å²) in [5.41, 5.74) is 3.19. The van der Waals surface area contributed by atoms with Crippen LogP contribution in [0.15, 0.2) is 45.9 Å². The van der Waals surface area contributed by atoms with E-state index in [1.54, 1.807) is 30.3 Å². The standard InChI is InChI=1S/C16H16N4O3S/c1-20-9-8-12-11(10-20)4-2-7-15(12)24(21,22)19-14-6-3-5-13-16(14)18-23-17-13/h2-7,19H,8-10H2,1H3. The second-order valence-electron chi connectivity index (χ2n) is 5.92. The van der Waals surface area contributed by atoms with Crippen molar-refractivity contribution in [3.05, 3.63) is 47.5 Å². The highest BCUT2D eigenvalue weighted by Crippen LogP contribution is 2.28. The van der Waals surface area contributed by atoms with E-state index >= 15 is 0 Å². The zero-order valence-electron chi connectivity index (χ0n) is 13.1. The third-order valence-corrected chi connectivity index (χ3v) is 5.68. The third kappa shape index (κ3) is 2.53. The molecule has 0 amide bonds. The van der Waals surface area contributed by atoms with Crippen LogP contribution >= 0.6 is 0 Å². The van der Waals surface area contributed by atoms with E-state index in [0.29, 0.717) is 28.0 Å². The summed E-state index contributed by atoms with van der Waals surface area (Å²) in [6.07, 6.45) is 0.707. The van der Waals surface area contributed by atoms with Crippen molar-refractivity contribution in [2.24, 2.45) is 0 Å². The van der Waals surface area contributed by atoms with E-state index in [2.05, 4.69) is 24.6 Å². The molecule has 0 bridgehead atoms. The van der Waals surface area contributed by atoms with Gasteiger partial charge in [-0.15, -0.1) is 0 Å². The normalized spacial score (nSPS) is 15.4. The molecule has 3 aromatic rings. The molecule has 1 aromatic heterocycles. The lowest BCUT2D eigenvalue weighted by atomic mass is 10.0. The van der Waals surface area contributed by atoms with E-state index in [1.165, 1.54) is 0 Å². The van der Waals surface area contributed by atoms with Gasteiger partial charge < -0.3 is 4.90 Å². The summed E-state index contributed by atoms with van der Waals surface area (Å²) >= 11 is 0. The molecule has 1 aliphatic heterocycles. The lowest BCUT2D eigenvalue weighted by Gasteiger charge is -2.26. The summed E-state index contributed by atoms with van der Waals surface area (Å²) in [6.45, 7) is 1.59. The second kappa shape index (κ2) is 5.57. The second-order valence-corrected chi connectivity index (χ2v) is 7.58. The van der Waals surface area contributed by atoms with Crippen molar-refractivity contribution in [2.75, 3.05) is 18.3 Å². The molecule has 0 atom stereocenters. The molecular weight excluding hydrogens is 328 g/mol. The van der Waals surface area contributed by atoms with Gasteiger partial charge in [-0.2, -0.15) is 0 Å². The van der Waals surface area contributed by atoms with Crippen molar-refractivity contribution in [2.45, 2.75) is 17.9 Å². The van der Waals surface area contributed by atoms with Crippen LogP contribution in [-0.2, 0) is 23.0 Å². The SMILES string of the molecule is CN1CCc2c(cccc2S(=O)(=O)Nc2cccc3nonc23)C1. The highest BCUT2D eigenvalue weighted by Gasteiger charge is 2.24. The smallest absolute Gasteiger partial charge is 0.262 e. The van der Waals surface area contributed by atoms with Crippen LogP contribution < -0.4 is 4.72 Å². The Balaban J connectivity index is 1.76. The Hall–Kier alpha value is -2.45. The van der Waals surface area contributed by atoms with Crippen LogP contribution in [0.5, 0.6) is 0 Å². The van der Waals surface area contributed by atoms with Crippen LogP contribution in [0, 0.1) is 0 Å². The average molecular weight is 344 g/mol. The summed E-state index contributed by atoms with van der Waals surface area (Å²) in [6, 6.07) is 10.5. The summed E-state index contributed by atoms with van der Waals surface area (Å²) < 4.78 is 33.1. The van der Waals surface area contributed by atoms with Gasteiger partial charge in [-0.1, -0.05) is 18.2 Å². The molecule has 0 radical (unpaired) electrons. The first kappa shape index (κ1) is 15.1. The van der Waals surface area contributed by atoms with Gasteiger partial charge in [-0.3, -0.25) is 4.72 Å². The first-order chi connectivity index (χ1) is 11.5. The monoisotopic (exact) mass is 344 g/mol. The predicted molar refractivity (Wildman–Crippen MR) is 89.1 cm³/mol. The van der Waals surface area contributed by atoms with E-state index in [4.69, 9.17) is 0 Å². The Kier molecular flexibility index (Phi) is 3.50. The van der Waals surface area contributed by atoms with E-state index < -0.39 is 10.0 Å². The molecular formula is C16H16N4O3S. The van der Waals surface area contributed by atoms with Gasteiger partial charge in [0.1, 0.15) is 5.52 Å².